The monoisotopic (exact) mass is 305 g/mol. The van der Waals surface area contributed by atoms with Gasteiger partial charge in [-0.25, -0.2) is 18.1 Å². The third-order valence-corrected chi connectivity index (χ3v) is 4.54. The third kappa shape index (κ3) is 4.27. The van der Waals surface area contributed by atoms with Gasteiger partial charge in [0.15, 0.2) is 0 Å². The van der Waals surface area contributed by atoms with Gasteiger partial charge in [0.2, 0.25) is 10.0 Å². The minimum absolute atomic E-state index is 0.214. The number of aryl methyl sites for hydroxylation is 1. The normalized spacial score (nSPS) is 11.3. The Balaban J connectivity index is 2.01. The number of sulfonamides is 1. The Labute approximate surface area is 125 Å². The number of rotatable bonds is 6. The summed E-state index contributed by atoms with van der Waals surface area (Å²) in [5.41, 5.74) is 2.28. The Hall–Kier alpha value is -1.92. The maximum atomic E-state index is 12.2. The van der Waals surface area contributed by atoms with Gasteiger partial charge in [-0.2, -0.15) is 0 Å². The van der Waals surface area contributed by atoms with E-state index in [-0.39, 0.29) is 4.90 Å². The molecule has 0 amide bonds. The molecule has 0 aliphatic carbocycles. The summed E-state index contributed by atoms with van der Waals surface area (Å²) < 4.78 is 27.0. The molecule has 0 aliphatic heterocycles. The van der Waals surface area contributed by atoms with Gasteiger partial charge >= 0.3 is 0 Å². The molecular formula is C15H19N3O2S. The summed E-state index contributed by atoms with van der Waals surface area (Å²) in [5.74, 6) is 0.525. The third-order valence-electron chi connectivity index (χ3n) is 3.09. The number of hydrogen-bond acceptors (Lipinski definition) is 4. The van der Waals surface area contributed by atoms with Crippen LogP contribution in [0.15, 0.2) is 47.5 Å². The molecule has 2 aromatic rings. The van der Waals surface area contributed by atoms with Crippen molar-refractivity contribution in [2.75, 3.05) is 18.9 Å². The molecule has 6 heteroatoms. The summed E-state index contributed by atoms with van der Waals surface area (Å²) in [6, 6.07) is 11.0. The van der Waals surface area contributed by atoms with E-state index in [1.54, 1.807) is 7.05 Å². The molecule has 1 aromatic carbocycles. The highest BCUT2D eigenvalue weighted by Gasteiger charge is 2.14. The Morgan fingerprint density at radius 3 is 2.71 bits per heavy atom. The van der Waals surface area contributed by atoms with Crippen molar-refractivity contribution in [1.82, 2.24) is 9.71 Å². The summed E-state index contributed by atoms with van der Waals surface area (Å²) in [4.78, 5) is 4.22. The van der Waals surface area contributed by atoms with Gasteiger partial charge in [0, 0.05) is 25.9 Å². The van der Waals surface area contributed by atoms with Crippen LogP contribution in [0.1, 0.15) is 11.1 Å². The fourth-order valence-electron chi connectivity index (χ4n) is 2.00. The van der Waals surface area contributed by atoms with Gasteiger partial charge in [-0.3, -0.25) is 0 Å². The predicted octanol–water partition coefficient (Wildman–Crippen LogP) is 1.95. The molecule has 0 radical (unpaired) electrons. The van der Waals surface area contributed by atoms with Gasteiger partial charge in [-0.15, -0.1) is 0 Å². The van der Waals surface area contributed by atoms with Crippen LogP contribution in [0.4, 0.5) is 5.82 Å². The first-order valence-electron chi connectivity index (χ1n) is 6.70. The maximum Gasteiger partial charge on any atom is 0.240 e. The second kappa shape index (κ2) is 6.69. The molecule has 1 aromatic heterocycles. The number of nitrogens with zero attached hydrogens (tertiary/aromatic N) is 1. The van der Waals surface area contributed by atoms with E-state index >= 15 is 0 Å². The van der Waals surface area contributed by atoms with Crippen LogP contribution in [-0.2, 0) is 16.4 Å². The topological polar surface area (TPSA) is 71.1 Å². The van der Waals surface area contributed by atoms with Crippen molar-refractivity contribution in [3.63, 3.8) is 0 Å². The molecule has 0 aliphatic rings. The molecule has 1 heterocycles. The van der Waals surface area contributed by atoms with Crippen LogP contribution >= 0.6 is 0 Å². The molecule has 0 fully saturated rings. The van der Waals surface area contributed by atoms with Gasteiger partial charge in [-0.1, -0.05) is 29.8 Å². The average Bonchev–Trinajstić information content (AvgIpc) is 2.47. The van der Waals surface area contributed by atoms with Gasteiger partial charge in [0.1, 0.15) is 5.82 Å². The zero-order valence-corrected chi connectivity index (χ0v) is 12.9. The lowest BCUT2D eigenvalue weighted by Gasteiger charge is -2.08. The van der Waals surface area contributed by atoms with Crippen LogP contribution in [0, 0.1) is 6.92 Å². The first-order valence-corrected chi connectivity index (χ1v) is 8.18. The van der Waals surface area contributed by atoms with Gasteiger partial charge in [0.05, 0.1) is 4.90 Å². The first-order chi connectivity index (χ1) is 10.0. The lowest BCUT2D eigenvalue weighted by molar-refractivity contribution is 0.581. The summed E-state index contributed by atoms with van der Waals surface area (Å²) in [7, 11) is -1.80. The number of anilines is 1. The van der Waals surface area contributed by atoms with Gasteiger partial charge < -0.3 is 5.32 Å². The average molecular weight is 305 g/mol. The van der Waals surface area contributed by atoms with E-state index in [0.717, 1.165) is 5.56 Å². The second-order valence-corrected chi connectivity index (χ2v) is 6.53. The van der Waals surface area contributed by atoms with Crippen LogP contribution in [-0.4, -0.2) is 27.0 Å². The predicted molar refractivity (Wildman–Crippen MR) is 83.9 cm³/mol. The van der Waals surface area contributed by atoms with Crippen LogP contribution in [0.25, 0.3) is 0 Å². The lowest BCUT2D eigenvalue weighted by Crippen LogP contribution is -2.26. The Bertz CT molecular complexity index is 714. The smallest absolute Gasteiger partial charge is 0.240 e. The fraction of sp³-hybridized carbons (Fsp3) is 0.267. The lowest BCUT2D eigenvalue weighted by atomic mass is 10.1. The van der Waals surface area contributed by atoms with E-state index in [1.165, 1.54) is 23.9 Å². The summed E-state index contributed by atoms with van der Waals surface area (Å²) in [6.07, 6.45) is 2.13. The zero-order chi connectivity index (χ0) is 15.3. The van der Waals surface area contributed by atoms with E-state index in [0.29, 0.717) is 18.8 Å². The van der Waals surface area contributed by atoms with Gasteiger partial charge in [-0.05, 0) is 25.0 Å². The number of pyridine rings is 1. The fourth-order valence-corrected chi connectivity index (χ4v) is 3.04. The molecule has 2 N–H and O–H groups in total. The van der Waals surface area contributed by atoms with E-state index in [2.05, 4.69) is 21.1 Å². The Morgan fingerprint density at radius 2 is 2.00 bits per heavy atom. The van der Waals surface area contributed by atoms with Crippen molar-refractivity contribution in [2.24, 2.45) is 0 Å². The largest absolute Gasteiger partial charge is 0.373 e. The van der Waals surface area contributed by atoms with Crippen LogP contribution < -0.4 is 10.0 Å². The van der Waals surface area contributed by atoms with Crippen molar-refractivity contribution in [3.05, 3.63) is 53.7 Å². The molecule has 21 heavy (non-hydrogen) atoms. The maximum absolute atomic E-state index is 12.2. The van der Waals surface area contributed by atoms with E-state index in [9.17, 15) is 8.42 Å². The highest BCUT2D eigenvalue weighted by Crippen LogP contribution is 2.12. The van der Waals surface area contributed by atoms with Crippen LogP contribution in [0.5, 0.6) is 0 Å². The molecule has 0 saturated heterocycles. The summed E-state index contributed by atoms with van der Waals surface area (Å²) in [5, 5.41) is 2.82. The molecule has 0 saturated carbocycles. The van der Waals surface area contributed by atoms with E-state index < -0.39 is 10.0 Å². The quantitative estimate of drug-likeness (QED) is 0.856. The molecule has 0 atom stereocenters. The van der Waals surface area contributed by atoms with E-state index in [1.807, 2.05) is 25.1 Å². The second-order valence-electron chi connectivity index (χ2n) is 4.76. The molecule has 0 bridgehead atoms. The zero-order valence-electron chi connectivity index (χ0n) is 12.1. The highest BCUT2D eigenvalue weighted by molar-refractivity contribution is 7.89. The number of aromatic nitrogens is 1. The summed E-state index contributed by atoms with van der Waals surface area (Å²) in [6.45, 7) is 2.38. The van der Waals surface area contributed by atoms with Crippen LogP contribution in [0.2, 0.25) is 0 Å². The molecular weight excluding hydrogens is 286 g/mol. The highest BCUT2D eigenvalue weighted by atomic mass is 32.2. The van der Waals surface area contributed by atoms with Crippen molar-refractivity contribution in [1.29, 1.82) is 0 Å². The molecule has 5 nitrogen and oxygen atoms in total. The number of hydrogen-bond donors (Lipinski definition) is 2. The minimum atomic E-state index is -3.50. The van der Waals surface area contributed by atoms with Crippen LogP contribution in [0.3, 0.4) is 0 Å². The minimum Gasteiger partial charge on any atom is -0.373 e. The molecule has 2 rings (SSSR count). The van der Waals surface area contributed by atoms with Crippen molar-refractivity contribution >= 4 is 15.8 Å². The Morgan fingerprint density at radius 1 is 1.19 bits per heavy atom. The number of nitrogens with one attached hydrogen (secondary N) is 2. The SMILES string of the molecule is CNc1cc(S(=O)(=O)NCCc2cccc(C)c2)ccn1. The summed E-state index contributed by atoms with van der Waals surface area (Å²) >= 11 is 0. The number of benzene rings is 1. The van der Waals surface area contributed by atoms with E-state index in [4.69, 9.17) is 0 Å². The van der Waals surface area contributed by atoms with Gasteiger partial charge in [0.25, 0.3) is 0 Å². The first kappa shape index (κ1) is 15.5. The van der Waals surface area contributed by atoms with Crippen molar-refractivity contribution in [3.8, 4) is 0 Å². The molecule has 112 valence electrons. The van der Waals surface area contributed by atoms with Crippen molar-refractivity contribution in [2.45, 2.75) is 18.2 Å². The van der Waals surface area contributed by atoms with Crippen molar-refractivity contribution < 1.29 is 8.42 Å². The standard InChI is InChI=1S/C15H19N3O2S/c1-12-4-3-5-13(10-12)6-9-18-21(19,20)14-7-8-17-15(11-14)16-2/h3-5,7-8,10-11,18H,6,9H2,1-2H3,(H,16,17). The molecule has 0 unspecified atom stereocenters. The molecule has 0 spiro atoms. The Kier molecular flexibility index (Phi) is 4.93.